The molecule has 0 spiro atoms. The summed E-state index contributed by atoms with van der Waals surface area (Å²) in [5.74, 6) is -1.40. The van der Waals surface area contributed by atoms with E-state index in [0.29, 0.717) is 12.1 Å². The van der Waals surface area contributed by atoms with Crippen LogP contribution in [0.2, 0.25) is 0 Å². The van der Waals surface area contributed by atoms with Crippen molar-refractivity contribution in [1.82, 2.24) is 0 Å². The van der Waals surface area contributed by atoms with Crippen molar-refractivity contribution in [2.45, 2.75) is 110 Å². The zero-order valence-corrected chi connectivity index (χ0v) is 21.3. The molecule has 30 heavy (non-hydrogen) atoms. The number of hydrogen-bond donors (Lipinski definition) is 1. The largest absolute Gasteiger partial charge is 1.00 e. The monoisotopic (exact) mass is 425 g/mol. The number of rotatable bonds is 18. The maximum Gasteiger partial charge on any atom is 1.00 e. The minimum absolute atomic E-state index is 0. The minimum Gasteiger partial charge on any atom is -0.545 e. The molecule has 1 aromatic rings. The van der Waals surface area contributed by atoms with E-state index in [1.165, 1.54) is 89.5 Å². The number of carboxylic acid groups (broad SMARTS) is 1. The predicted octanol–water partition coefficient (Wildman–Crippen LogP) is 3.25. The summed E-state index contributed by atoms with van der Waals surface area (Å²) in [5, 5.41) is 13.7. The summed E-state index contributed by atoms with van der Waals surface area (Å²) in [5.41, 5.74) is 0.343. The molecule has 0 aliphatic carbocycles. The maximum absolute atomic E-state index is 12.0. The van der Waals surface area contributed by atoms with E-state index >= 15 is 0 Å². The average molecular weight is 426 g/mol. The molecule has 0 aliphatic heterocycles. The summed E-state index contributed by atoms with van der Waals surface area (Å²) in [6.45, 7) is 2.26. The summed E-state index contributed by atoms with van der Waals surface area (Å²) < 4.78 is 0. The van der Waals surface area contributed by atoms with Crippen molar-refractivity contribution in [2.24, 2.45) is 0 Å². The van der Waals surface area contributed by atoms with E-state index in [1.807, 2.05) is 0 Å². The van der Waals surface area contributed by atoms with Gasteiger partial charge in [-0.1, -0.05) is 115 Å². The molecule has 164 valence electrons. The topological polar surface area (TPSA) is 69.2 Å². The smallest absolute Gasteiger partial charge is 0.545 e. The molecule has 0 fully saturated rings. The SMILES string of the molecule is CCCCCCCCCCCCCCCCCC(=O)Nc1ccccc1C(=O)[O-].[Na+]. The first-order chi connectivity index (χ1) is 14.1. The molecule has 0 bridgehead atoms. The van der Waals surface area contributed by atoms with Gasteiger partial charge in [0, 0.05) is 17.7 Å². The van der Waals surface area contributed by atoms with Crippen LogP contribution >= 0.6 is 0 Å². The van der Waals surface area contributed by atoms with Crippen LogP contribution in [0.15, 0.2) is 24.3 Å². The van der Waals surface area contributed by atoms with Crippen LogP contribution < -0.4 is 40.0 Å². The van der Waals surface area contributed by atoms with Gasteiger partial charge < -0.3 is 15.2 Å². The molecule has 0 heterocycles. The second kappa shape index (κ2) is 20.1. The Bertz CT molecular complexity index is 577. The Balaban J connectivity index is 0.00000841. The number of anilines is 1. The number of carbonyl (C=O) groups is 2. The minimum atomic E-state index is -1.27. The fourth-order valence-corrected chi connectivity index (χ4v) is 3.64. The van der Waals surface area contributed by atoms with Crippen molar-refractivity contribution in [1.29, 1.82) is 0 Å². The van der Waals surface area contributed by atoms with Crippen molar-refractivity contribution in [3.05, 3.63) is 29.8 Å². The maximum atomic E-state index is 12.0. The molecule has 0 aliphatic rings. The van der Waals surface area contributed by atoms with Gasteiger partial charge in [0.05, 0.1) is 5.97 Å². The van der Waals surface area contributed by atoms with Crippen molar-refractivity contribution >= 4 is 17.6 Å². The van der Waals surface area contributed by atoms with Crippen LogP contribution in [-0.4, -0.2) is 11.9 Å². The van der Waals surface area contributed by atoms with Gasteiger partial charge in [-0.2, -0.15) is 0 Å². The van der Waals surface area contributed by atoms with Crippen LogP contribution in [0.5, 0.6) is 0 Å². The van der Waals surface area contributed by atoms with Crippen LogP contribution in [0.3, 0.4) is 0 Å². The molecule has 0 radical (unpaired) electrons. The number of carbonyl (C=O) groups excluding carboxylic acids is 2. The Morgan fingerprint density at radius 2 is 1.17 bits per heavy atom. The number of benzene rings is 1. The summed E-state index contributed by atoms with van der Waals surface area (Å²) in [6, 6.07) is 6.36. The Morgan fingerprint density at radius 3 is 1.63 bits per heavy atom. The van der Waals surface area contributed by atoms with Crippen molar-refractivity contribution in [2.75, 3.05) is 5.32 Å². The molecule has 0 atom stereocenters. The van der Waals surface area contributed by atoms with Crippen molar-refractivity contribution in [3.63, 3.8) is 0 Å². The summed E-state index contributed by atoms with van der Waals surface area (Å²) >= 11 is 0. The number of nitrogens with one attached hydrogen (secondary N) is 1. The van der Waals surface area contributed by atoms with E-state index in [9.17, 15) is 14.7 Å². The van der Waals surface area contributed by atoms with E-state index in [0.717, 1.165) is 12.8 Å². The van der Waals surface area contributed by atoms with Gasteiger partial charge in [-0.15, -0.1) is 0 Å². The molecule has 4 nitrogen and oxygen atoms in total. The van der Waals surface area contributed by atoms with Crippen LogP contribution in [0.4, 0.5) is 5.69 Å². The molecule has 1 amide bonds. The van der Waals surface area contributed by atoms with Gasteiger partial charge in [0.1, 0.15) is 0 Å². The molecule has 0 saturated carbocycles. The molecule has 5 heteroatoms. The van der Waals surface area contributed by atoms with Crippen LogP contribution in [0.1, 0.15) is 120 Å². The van der Waals surface area contributed by atoms with Crippen LogP contribution in [0.25, 0.3) is 0 Å². The van der Waals surface area contributed by atoms with Gasteiger partial charge in [-0.3, -0.25) is 4.79 Å². The fourth-order valence-electron chi connectivity index (χ4n) is 3.64. The van der Waals surface area contributed by atoms with Gasteiger partial charge in [0.25, 0.3) is 0 Å². The second-order valence-electron chi connectivity index (χ2n) is 8.08. The number of unbranched alkanes of at least 4 members (excludes halogenated alkanes) is 14. The van der Waals surface area contributed by atoms with Gasteiger partial charge in [-0.05, 0) is 12.5 Å². The molecular formula is C25H40NNaO3. The summed E-state index contributed by atoms with van der Waals surface area (Å²) in [7, 11) is 0. The average Bonchev–Trinajstić information content (AvgIpc) is 2.71. The van der Waals surface area contributed by atoms with Crippen molar-refractivity contribution in [3.8, 4) is 0 Å². The third-order valence-electron chi connectivity index (χ3n) is 5.43. The Kier molecular flexibility index (Phi) is 19.5. The molecule has 1 rings (SSSR count). The van der Waals surface area contributed by atoms with Gasteiger partial charge in [-0.25, -0.2) is 0 Å². The van der Waals surface area contributed by atoms with Gasteiger partial charge in [0.15, 0.2) is 0 Å². The number of para-hydroxylation sites is 1. The predicted molar refractivity (Wildman–Crippen MR) is 119 cm³/mol. The zero-order valence-electron chi connectivity index (χ0n) is 19.3. The molecule has 0 unspecified atom stereocenters. The van der Waals surface area contributed by atoms with E-state index in [-0.39, 0.29) is 41.0 Å². The van der Waals surface area contributed by atoms with E-state index < -0.39 is 5.97 Å². The molecular weight excluding hydrogens is 385 g/mol. The number of aromatic carboxylic acids is 1. The number of amides is 1. The first kappa shape index (κ1) is 29.2. The van der Waals surface area contributed by atoms with Gasteiger partial charge in [0.2, 0.25) is 5.91 Å². The quantitative estimate of drug-likeness (QED) is 0.290. The molecule has 1 N–H and O–H groups in total. The first-order valence-electron chi connectivity index (χ1n) is 11.8. The number of carboxylic acids is 1. The van der Waals surface area contributed by atoms with Crippen LogP contribution in [0, 0.1) is 0 Å². The Morgan fingerprint density at radius 1 is 0.733 bits per heavy atom. The third kappa shape index (κ3) is 15.0. The van der Waals surface area contributed by atoms with E-state index in [2.05, 4.69) is 12.2 Å². The molecule has 0 aromatic heterocycles. The molecule has 0 saturated heterocycles. The summed E-state index contributed by atoms with van der Waals surface area (Å²) in [4.78, 5) is 23.0. The first-order valence-corrected chi connectivity index (χ1v) is 11.8. The zero-order chi connectivity index (χ0) is 21.2. The standard InChI is InChI=1S/C25H41NO3.Na/c1-2-3-4-5-6-7-8-9-10-11-12-13-14-15-16-21-24(27)26-23-20-18-17-19-22(23)25(28)29;/h17-20H,2-16,21H2,1H3,(H,26,27)(H,28,29);/q;+1/p-1. The molecule has 1 aromatic carbocycles. The Labute approximate surface area is 205 Å². The van der Waals surface area contributed by atoms with Gasteiger partial charge >= 0.3 is 29.6 Å². The number of hydrogen-bond acceptors (Lipinski definition) is 3. The third-order valence-corrected chi connectivity index (χ3v) is 5.43. The normalized spacial score (nSPS) is 10.4. The fraction of sp³-hybridized carbons (Fsp3) is 0.680. The van der Waals surface area contributed by atoms with E-state index in [1.54, 1.807) is 18.2 Å². The van der Waals surface area contributed by atoms with Crippen molar-refractivity contribution < 1.29 is 44.3 Å². The van der Waals surface area contributed by atoms with Crippen LogP contribution in [-0.2, 0) is 4.79 Å². The Hall–Kier alpha value is -0.840. The second-order valence-corrected chi connectivity index (χ2v) is 8.08. The summed E-state index contributed by atoms with van der Waals surface area (Å²) in [6.07, 6.45) is 19.8. The van der Waals surface area contributed by atoms with E-state index in [4.69, 9.17) is 0 Å².